The monoisotopic (exact) mass is 345 g/mol. The molecule has 0 saturated heterocycles. The number of carbonyl (C=O) groups is 1. The van der Waals surface area contributed by atoms with Gasteiger partial charge < -0.3 is 10.1 Å². The van der Waals surface area contributed by atoms with Crippen molar-refractivity contribution in [2.24, 2.45) is 0 Å². The van der Waals surface area contributed by atoms with Crippen molar-refractivity contribution in [3.05, 3.63) is 52.6 Å². The molecule has 0 bridgehead atoms. The van der Waals surface area contributed by atoms with Gasteiger partial charge >= 0.3 is 0 Å². The number of nitrogens with zero attached hydrogens (tertiary/aromatic N) is 2. The predicted molar refractivity (Wildman–Crippen MR) is 91.7 cm³/mol. The van der Waals surface area contributed by atoms with Crippen LogP contribution in [-0.4, -0.2) is 22.5 Å². The first-order valence-corrected chi connectivity index (χ1v) is 8.71. The van der Waals surface area contributed by atoms with Crippen LogP contribution in [0.4, 0.5) is 0 Å². The van der Waals surface area contributed by atoms with Gasteiger partial charge in [-0.05, 0) is 30.5 Å². The van der Waals surface area contributed by atoms with Gasteiger partial charge in [0.15, 0.2) is 6.61 Å². The van der Waals surface area contributed by atoms with E-state index in [2.05, 4.69) is 15.3 Å². The van der Waals surface area contributed by atoms with E-state index in [1.165, 1.54) is 0 Å². The minimum absolute atomic E-state index is 0.0265. The van der Waals surface area contributed by atoms with E-state index in [-0.39, 0.29) is 12.5 Å². The standard InChI is InChI=1S/C16H15N3O2S2/c1-11-14(23-16(19-11)13-5-3-7-22-13)9-18-15(20)10-21-12-4-2-6-17-8-12/h2-8H,9-10H2,1H3,(H,18,20). The second-order valence-corrected chi connectivity index (χ2v) is 6.79. The normalized spacial score (nSPS) is 10.5. The summed E-state index contributed by atoms with van der Waals surface area (Å²) < 4.78 is 5.37. The highest BCUT2D eigenvalue weighted by Gasteiger charge is 2.11. The van der Waals surface area contributed by atoms with Crippen LogP contribution in [0.2, 0.25) is 0 Å². The highest BCUT2D eigenvalue weighted by molar-refractivity contribution is 7.21. The molecule has 0 radical (unpaired) electrons. The highest BCUT2D eigenvalue weighted by atomic mass is 32.1. The van der Waals surface area contributed by atoms with Crippen molar-refractivity contribution in [1.29, 1.82) is 0 Å². The van der Waals surface area contributed by atoms with Crippen molar-refractivity contribution < 1.29 is 9.53 Å². The highest BCUT2D eigenvalue weighted by Crippen LogP contribution is 2.30. The Hall–Kier alpha value is -2.25. The number of pyridine rings is 1. The lowest BCUT2D eigenvalue weighted by atomic mass is 10.4. The average Bonchev–Trinajstić information content (AvgIpc) is 3.21. The Labute approximate surface area is 142 Å². The van der Waals surface area contributed by atoms with Crippen LogP contribution in [0.25, 0.3) is 9.88 Å². The largest absolute Gasteiger partial charge is 0.482 e. The number of nitrogens with one attached hydrogen (secondary N) is 1. The summed E-state index contributed by atoms with van der Waals surface area (Å²) in [6.07, 6.45) is 3.23. The Morgan fingerprint density at radius 1 is 1.35 bits per heavy atom. The third-order valence-corrected chi connectivity index (χ3v) is 5.27. The van der Waals surface area contributed by atoms with E-state index < -0.39 is 0 Å². The third kappa shape index (κ3) is 4.14. The number of amides is 1. The number of rotatable bonds is 6. The van der Waals surface area contributed by atoms with Crippen LogP contribution in [0, 0.1) is 6.92 Å². The number of thiophene rings is 1. The summed E-state index contributed by atoms with van der Waals surface area (Å²) in [5.41, 5.74) is 0.951. The van der Waals surface area contributed by atoms with Crippen molar-refractivity contribution in [3.63, 3.8) is 0 Å². The zero-order valence-corrected chi connectivity index (χ0v) is 14.1. The second kappa shape index (κ2) is 7.34. The molecule has 23 heavy (non-hydrogen) atoms. The molecule has 0 aliphatic heterocycles. The molecule has 0 atom stereocenters. The number of aryl methyl sites for hydroxylation is 1. The molecule has 118 valence electrons. The molecule has 1 N–H and O–H groups in total. The average molecular weight is 345 g/mol. The van der Waals surface area contributed by atoms with Crippen molar-refractivity contribution in [2.45, 2.75) is 13.5 Å². The minimum Gasteiger partial charge on any atom is -0.482 e. The summed E-state index contributed by atoms with van der Waals surface area (Å²) in [4.78, 5) is 22.6. The SMILES string of the molecule is Cc1nc(-c2cccs2)sc1CNC(=O)COc1cccnc1. The number of hydrogen-bond donors (Lipinski definition) is 1. The molecule has 0 aromatic carbocycles. The van der Waals surface area contributed by atoms with E-state index in [0.717, 1.165) is 20.5 Å². The Morgan fingerprint density at radius 2 is 2.26 bits per heavy atom. The van der Waals surface area contributed by atoms with Crippen molar-refractivity contribution in [1.82, 2.24) is 15.3 Å². The molecule has 0 aliphatic rings. The summed E-state index contributed by atoms with van der Waals surface area (Å²) in [6, 6.07) is 7.59. The smallest absolute Gasteiger partial charge is 0.258 e. The van der Waals surface area contributed by atoms with Crippen molar-refractivity contribution in [2.75, 3.05) is 6.61 Å². The molecule has 7 heteroatoms. The van der Waals surface area contributed by atoms with Gasteiger partial charge in [-0.1, -0.05) is 6.07 Å². The lowest BCUT2D eigenvalue weighted by Crippen LogP contribution is -2.28. The quantitative estimate of drug-likeness (QED) is 0.745. The number of carbonyl (C=O) groups excluding carboxylic acids is 1. The first-order valence-electron chi connectivity index (χ1n) is 7.02. The lowest BCUT2D eigenvalue weighted by Gasteiger charge is -2.06. The molecule has 3 aromatic heterocycles. The fourth-order valence-electron chi connectivity index (χ4n) is 1.91. The molecule has 0 saturated carbocycles. The van der Waals surface area contributed by atoms with E-state index in [4.69, 9.17) is 4.74 Å². The van der Waals surface area contributed by atoms with Crippen LogP contribution in [0.5, 0.6) is 5.75 Å². The van der Waals surface area contributed by atoms with E-state index in [1.807, 2.05) is 24.4 Å². The molecular weight excluding hydrogens is 330 g/mol. The van der Waals surface area contributed by atoms with Gasteiger partial charge in [-0.25, -0.2) is 4.98 Å². The molecule has 3 rings (SSSR count). The zero-order chi connectivity index (χ0) is 16.1. The molecule has 5 nitrogen and oxygen atoms in total. The number of aromatic nitrogens is 2. The van der Waals surface area contributed by atoms with Gasteiger partial charge in [-0.3, -0.25) is 9.78 Å². The lowest BCUT2D eigenvalue weighted by molar-refractivity contribution is -0.123. The number of hydrogen-bond acceptors (Lipinski definition) is 6. The number of ether oxygens (including phenoxy) is 1. The van der Waals surface area contributed by atoms with Crippen molar-refractivity contribution in [3.8, 4) is 15.6 Å². The summed E-state index contributed by atoms with van der Waals surface area (Å²) in [5.74, 6) is 0.413. The van der Waals surface area contributed by atoms with Crippen LogP contribution in [-0.2, 0) is 11.3 Å². The first kappa shape index (κ1) is 15.6. The van der Waals surface area contributed by atoms with Crippen LogP contribution in [0.1, 0.15) is 10.6 Å². The van der Waals surface area contributed by atoms with Crippen LogP contribution >= 0.6 is 22.7 Å². The van der Waals surface area contributed by atoms with Gasteiger partial charge in [0.25, 0.3) is 5.91 Å². The van der Waals surface area contributed by atoms with Gasteiger partial charge in [0, 0.05) is 11.1 Å². The van der Waals surface area contributed by atoms with Gasteiger partial charge in [0.05, 0.1) is 23.3 Å². The van der Waals surface area contributed by atoms with Crippen LogP contribution in [0.15, 0.2) is 42.0 Å². The van der Waals surface area contributed by atoms with E-state index >= 15 is 0 Å². The summed E-state index contributed by atoms with van der Waals surface area (Å²) in [6.45, 7) is 2.40. The van der Waals surface area contributed by atoms with Crippen LogP contribution in [0.3, 0.4) is 0 Å². The maximum atomic E-state index is 11.9. The molecule has 0 unspecified atom stereocenters. The van der Waals surface area contributed by atoms with Gasteiger partial charge in [-0.2, -0.15) is 0 Å². The van der Waals surface area contributed by atoms with Gasteiger partial charge in [0.2, 0.25) is 0 Å². The first-order chi connectivity index (χ1) is 11.2. The fourth-order valence-corrected chi connectivity index (χ4v) is 3.71. The van der Waals surface area contributed by atoms with Crippen LogP contribution < -0.4 is 10.1 Å². The summed E-state index contributed by atoms with van der Waals surface area (Å²) in [7, 11) is 0. The zero-order valence-electron chi connectivity index (χ0n) is 12.5. The molecule has 0 spiro atoms. The van der Waals surface area contributed by atoms with Crippen molar-refractivity contribution >= 4 is 28.6 Å². The summed E-state index contributed by atoms with van der Waals surface area (Å²) >= 11 is 3.27. The maximum absolute atomic E-state index is 11.9. The summed E-state index contributed by atoms with van der Waals surface area (Å²) in [5, 5.41) is 5.88. The Kier molecular flexibility index (Phi) is 4.99. The Bertz CT molecular complexity index is 770. The third-order valence-electron chi connectivity index (χ3n) is 3.08. The topological polar surface area (TPSA) is 64.1 Å². The minimum atomic E-state index is -0.167. The molecule has 0 fully saturated rings. The van der Waals surface area contributed by atoms with Gasteiger partial charge in [-0.15, -0.1) is 22.7 Å². The maximum Gasteiger partial charge on any atom is 0.258 e. The number of thiazole rings is 1. The molecule has 1 amide bonds. The van der Waals surface area contributed by atoms with E-state index in [0.29, 0.717) is 12.3 Å². The fraction of sp³-hybridized carbons (Fsp3) is 0.188. The molecule has 0 aliphatic carbocycles. The predicted octanol–water partition coefficient (Wildman–Crippen LogP) is 3.27. The Morgan fingerprint density at radius 3 is 3.00 bits per heavy atom. The molecular formula is C16H15N3O2S2. The Balaban J connectivity index is 1.53. The van der Waals surface area contributed by atoms with E-state index in [9.17, 15) is 4.79 Å². The van der Waals surface area contributed by atoms with Gasteiger partial charge in [0.1, 0.15) is 10.8 Å². The van der Waals surface area contributed by atoms with E-state index in [1.54, 1.807) is 47.2 Å². The molecule has 3 aromatic rings. The molecule has 3 heterocycles. The second-order valence-electron chi connectivity index (χ2n) is 4.76.